The van der Waals surface area contributed by atoms with E-state index in [1.54, 1.807) is 49.0 Å². The van der Waals surface area contributed by atoms with Gasteiger partial charge in [-0.1, -0.05) is 18.2 Å². The summed E-state index contributed by atoms with van der Waals surface area (Å²) in [6.45, 7) is 3.03. The van der Waals surface area contributed by atoms with Crippen LogP contribution in [0, 0.1) is 30.4 Å². The molecule has 0 N–H and O–H groups in total. The van der Waals surface area contributed by atoms with Gasteiger partial charge in [0.25, 0.3) is 5.91 Å². The van der Waals surface area contributed by atoms with Crippen molar-refractivity contribution in [2.45, 2.75) is 13.0 Å². The van der Waals surface area contributed by atoms with Crippen molar-refractivity contribution >= 4 is 11.9 Å². The lowest BCUT2D eigenvalue weighted by Crippen LogP contribution is -2.42. The zero-order chi connectivity index (χ0) is 21.6. The molecule has 0 bridgehead atoms. The summed E-state index contributed by atoms with van der Waals surface area (Å²) in [5, 5.41) is 0. The number of halogens is 2. The van der Waals surface area contributed by atoms with E-state index >= 15 is 0 Å². The van der Waals surface area contributed by atoms with E-state index in [9.17, 15) is 18.4 Å². The molecule has 2 aromatic carbocycles. The molecule has 158 valence electrons. The van der Waals surface area contributed by atoms with Crippen molar-refractivity contribution in [1.82, 2.24) is 14.7 Å². The third-order valence-electron chi connectivity index (χ3n) is 6.27. The molecule has 0 unspecified atom stereocenters. The summed E-state index contributed by atoms with van der Waals surface area (Å²) in [5.41, 5.74) is 1.43. The first kappa shape index (κ1) is 20.3. The van der Waals surface area contributed by atoms with Crippen LogP contribution in [0.3, 0.4) is 0 Å². The van der Waals surface area contributed by atoms with Gasteiger partial charge < -0.3 is 14.7 Å². The molecule has 0 radical (unpaired) electrons. The van der Waals surface area contributed by atoms with E-state index in [0.29, 0.717) is 30.8 Å². The second-order valence-corrected chi connectivity index (χ2v) is 8.38. The number of hydrogen-bond acceptors (Lipinski definition) is 2. The van der Waals surface area contributed by atoms with Gasteiger partial charge in [0.05, 0.1) is 6.04 Å². The highest BCUT2D eigenvalue weighted by Gasteiger charge is 2.50. The standard InChI is InChI=1S/C23H25F2N3O2/c1-14-18(8-5-9-20(14)25)22(29)27-11-16-12-28(23(30)26(2)3)21(19(16)13-27)15-6-4-7-17(24)10-15/h4-10,16,19,21H,11-13H2,1-3H3/t16-,19-,21-/m1/s1. The topological polar surface area (TPSA) is 43.9 Å². The number of nitrogens with zero attached hydrogens (tertiary/aromatic N) is 3. The molecule has 2 aromatic rings. The van der Waals surface area contributed by atoms with Crippen LogP contribution in [0.1, 0.15) is 27.5 Å². The first-order valence-electron chi connectivity index (χ1n) is 10.1. The molecule has 2 fully saturated rings. The Kier molecular flexibility index (Phi) is 5.22. The Morgan fingerprint density at radius 1 is 1.03 bits per heavy atom. The second kappa shape index (κ2) is 7.70. The first-order valence-corrected chi connectivity index (χ1v) is 10.1. The number of amides is 3. The maximum absolute atomic E-state index is 13.9. The summed E-state index contributed by atoms with van der Waals surface area (Å²) >= 11 is 0. The molecule has 0 aliphatic carbocycles. The quantitative estimate of drug-likeness (QED) is 0.754. The Morgan fingerprint density at radius 3 is 2.47 bits per heavy atom. The molecule has 7 heteroatoms. The minimum absolute atomic E-state index is 0.00600. The monoisotopic (exact) mass is 413 g/mol. The fourth-order valence-corrected chi connectivity index (χ4v) is 4.79. The number of urea groups is 1. The average molecular weight is 413 g/mol. The average Bonchev–Trinajstić information content (AvgIpc) is 3.26. The molecule has 2 aliphatic rings. The predicted molar refractivity (Wildman–Crippen MR) is 109 cm³/mol. The van der Waals surface area contributed by atoms with Gasteiger partial charge in [-0.25, -0.2) is 13.6 Å². The minimum Gasteiger partial charge on any atom is -0.338 e. The highest BCUT2D eigenvalue weighted by Crippen LogP contribution is 2.45. The molecule has 3 atom stereocenters. The van der Waals surface area contributed by atoms with Crippen molar-refractivity contribution in [1.29, 1.82) is 0 Å². The molecule has 2 saturated heterocycles. The van der Waals surface area contributed by atoms with Crippen LogP contribution in [0.15, 0.2) is 42.5 Å². The normalized spacial score (nSPS) is 22.9. The maximum Gasteiger partial charge on any atom is 0.320 e. The number of hydrogen-bond donors (Lipinski definition) is 0. The van der Waals surface area contributed by atoms with E-state index < -0.39 is 5.82 Å². The summed E-state index contributed by atoms with van der Waals surface area (Å²) in [7, 11) is 3.39. The molecule has 2 aliphatic heterocycles. The van der Waals surface area contributed by atoms with Crippen LogP contribution >= 0.6 is 0 Å². The van der Waals surface area contributed by atoms with Crippen molar-refractivity contribution < 1.29 is 18.4 Å². The van der Waals surface area contributed by atoms with E-state index in [1.807, 2.05) is 6.07 Å². The molecule has 0 spiro atoms. The van der Waals surface area contributed by atoms with Crippen LogP contribution in [0.4, 0.5) is 13.6 Å². The molecule has 30 heavy (non-hydrogen) atoms. The lowest BCUT2D eigenvalue weighted by atomic mass is 9.89. The molecule has 4 rings (SSSR count). The van der Waals surface area contributed by atoms with Crippen LogP contribution < -0.4 is 0 Å². The first-order chi connectivity index (χ1) is 14.3. The zero-order valence-electron chi connectivity index (χ0n) is 17.3. The van der Waals surface area contributed by atoms with Gasteiger partial charge in [-0.3, -0.25) is 4.79 Å². The van der Waals surface area contributed by atoms with E-state index in [-0.39, 0.29) is 35.6 Å². The van der Waals surface area contributed by atoms with Crippen molar-refractivity contribution in [3.05, 3.63) is 70.8 Å². The Morgan fingerprint density at radius 2 is 1.77 bits per heavy atom. The SMILES string of the molecule is Cc1c(F)cccc1C(=O)N1C[C@@H]2CN(C(=O)N(C)C)[C@H](c3cccc(F)c3)[C@@H]2C1. The van der Waals surface area contributed by atoms with E-state index in [2.05, 4.69) is 0 Å². The number of benzene rings is 2. The molecule has 0 aromatic heterocycles. The van der Waals surface area contributed by atoms with E-state index in [4.69, 9.17) is 0 Å². The van der Waals surface area contributed by atoms with Crippen LogP contribution in [0.2, 0.25) is 0 Å². The molecular formula is C23H25F2N3O2. The van der Waals surface area contributed by atoms with Crippen molar-refractivity contribution in [3.8, 4) is 0 Å². The van der Waals surface area contributed by atoms with Gasteiger partial charge >= 0.3 is 6.03 Å². The van der Waals surface area contributed by atoms with Gasteiger partial charge in [-0.15, -0.1) is 0 Å². The molecule has 2 heterocycles. The van der Waals surface area contributed by atoms with Crippen LogP contribution in [0.25, 0.3) is 0 Å². The van der Waals surface area contributed by atoms with E-state index in [1.165, 1.54) is 23.1 Å². The molecule has 0 saturated carbocycles. The summed E-state index contributed by atoms with van der Waals surface area (Å²) in [6.07, 6.45) is 0. The lowest BCUT2D eigenvalue weighted by Gasteiger charge is -2.32. The number of rotatable bonds is 2. The minimum atomic E-state index is -0.402. The van der Waals surface area contributed by atoms with Crippen molar-refractivity contribution in [2.24, 2.45) is 11.8 Å². The number of carbonyl (C=O) groups is 2. The lowest BCUT2D eigenvalue weighted by molar-refractivity contribution is 0.0765. The van der Waals surface area contributed by atoms with Crippen LogP contribution in [-0.4, -0.2) is 60.4 Å². The molecule has 3 amide bonds. The van der Waals surface area contributed by atoms with Gasteiger partial charge in [0.2, 0.25) is 0 Å². The Hall–Kier alpha value is -2.96. The predicted octanol–water partition coefficient (Wildman–Crippen LogP) is 3.70. The van der Waals surface area contributed by atoms with Crippen LogP contribution in [0.5, 0.6) is 0 Å². The smallest absolute Gasteiger partial charge is 0.320 e. The van der Waals surface area contributed by atoms with Crippen molar-refractivity contribution in [3.63, 3.8) is 0 Å². The van der Waals surface area contributed by atoms with Gasteiger partial charge in [0.15, 0.2) is 0 Å². The Bertz CT molecular complexity index is 994. The van der Waals surface area contributed by atoms with Crippen molar-refractivity contribution in [2.75, 3.05) is 33.7 Å². The Labute approximate surface area is 174 Å². The number of fused-ring (bicyclic) bond motifs is 1. The highest BCUT2D eigenvalue weighted by atomic mass is 19.1. The summed E-state index contributed by atoms with van der Waals surface area (Å²) in [4.78, 5) is 30.9. The highest BCUT2D eigenvalue weighted by molar-refractivity contribution is 5.96. The maximum atomic E-state index is 13.9. The largest absolute Gasteiger partial charge is 0.338 e. The zero-order valence-corrected chi connectivity index (χ0v) is 17.3. The molecular weight excluding hydrogens is 388 g/mol. The Balaban J connectivity index is 1.63. The fourth-order valence-electron chi connectivity index (χ4n) is 4.79. The summed E-state index contributed by atoms with van der Waals surface area (Å²) in [5.74, 6) is -0.881. The van der Waals surface area contributed by atoms with Gasteiger partial charge in [-0.05, 0) is 42.3 Å². The van der Waals surface area contributed by atoms with Gasteiger partial charge in [0, 0.05) is 51.1 Å². The fraction of sp³-hybridized carbons (Fsp3) is 0.391. The van der Waals surface area contributed by atoms with Crippen LogP contribution in [-0.2, 0) is 0 Å². The number of likely N-dealkylation sites (tertiary alicyclic amines) is 2. The van der Waals surface area contributed by atoms with E-state index in [0.717, 1.165) is 5.56 Å². The molecule has 5 nitrogen and oxygen atoms in total. The third kappa shape index (κ3) is 3.42. The summed E-state index contributed by atoms with van der Waals surface area (Å²) < 4.78 is 27.9. The number of carbonyl (C=O) groups excluding carboxylic acids is 2. The summed E-state index contributed by atoms with van der Waals surface area (Å²) in [6, 6.07) is 10.4. The van der Waals surface area contributed by atoms with Gasteiger partial charge in [-0.2, -0.15) is 0 Å². The third-order valence-corrected chi connectivity index (χ3v) is 6.27. The second-order valence-electron chi connectivity index (χ2n) is 8.38. The van der Waals surface area contributed by atoms with Gasteiger partial charge in [0.1, 0.15) is 11.6 Å².